The molecule has 3 heteroatoms. The second-order valence-corrected chi connectivity index (χ2v) is 2.15. The number of hydrogen-bond donors (Lipinski definition) is 0. The summed E-state index contributed by atoms with van der Waals surface area (Å²) in [6, 6.07) is 3.12. The number of furan rings is 1. The lowest BCUT2D eigenvalue weighted by Gasteiger charge is -1.96. The number of ether oxygens (including phenoxy) is 1. The van der Waals surface area contributed by atoms with Crippen LogP contribution in [0.4, 0.5) is 0 Å². The van der Waals surface area contributed by atoms with Gasteiger partial charge in [0.2, 0.25) is 5.76 Å². The Balaban J connectivity index is 2.59. The van der Waals surface area contributed by atoms with Crippen LogP contribution in [0.2, 0.25) is 0 Å². The van der Waals surface area contributed by atoms with Gasteiger partial charge in [0.05, 0.1) is 0 Å². The van der Waals surface area contributed by atoms with E-state index in [0.717, 1.165) is 0 Å². The van der Waals surface area contributed by atoms with Gasteiger partial charge in [0.25, 0.3) is 0 Å². The lowest BCUT2D eigenvalue weighted by Crippen LogP contribution is -2.03. The van der Waals surface area contributed by atoms with Crippen LogP contribution in [-0.2, 0) is 4.74 Å². The van der Waals surface area contributed by atoms with Crippen molar-refractivity contribution in [2.24, 2.45) is 0 Å². The Morgan fingerprint density at radius 1 is 1.67 bits per heavy atom. The minimum atomic E-state index is -0.496. The van der Waals surface area contributed by atoms with E-state index in [2.05, 4.69) is 13.5 Å². The Bertz CT molecular complexity index is 286. The lowest BCUT2D eigenvalue weighted by molar-refractivity contribution is 0.0513. The van der Waals surface area contributed by atoms with E-state index < -0.39 is 5.97 Å². The van der Waals surface area contributed by atoms with Crippen LogP contribution in [0.1, 0.15) is 16.3 Å². The summed E-state index contributed by atoms with van der Waals surface area (Å²) in [7, 11) is 0. The van der Waals surface area contributed by atoms with Gasteiger partial charge in [-0.2, -0.15) is 0 Å². The van der Waals surface area contributed by atoms with Crippen molar-refractivity contribution in [3.63, 3.8) is 0 Å². The summed E-state index contributed by atoms with van der Waals surface area (Å²) in [6.07, 6.45) is 1.49. The van der Waals surface area contributed by atoms with Gasteiger partial charge in [-0.05, 0) is 12.1 Å². The first kappa shape index (κ1) is 8.59. The topological polar surface area (TPSA) is 39.4 Å². The largest absolute Gasteiger partial charge is 0.456 e. The van der Waals surface area contributed by atoms with E-state index in [0.29, 0.717) is 5.76 Å². The third-order valence-electron chi connectivity index (χ3n) is 1.20. The fraction of sp³-hybridized carbons (Fsp3) is 0.111. The second kappa shape index (κ2) is 3.76. The lowest BCUT2D eigenvalue weighted by atomic mass is 10.4. The maximum Gasteiger partial charge on any atom is 0.374 e. The molecule has 0 saturated carbocycles. The third kappa shape index (κ3) is 1.99. The summed E-state index contributed by atoms with van der Waals surface area (Å²) in [5.41, 5.74) is 0. The van der Waals surface area contributed by atoms with Crippen molar-refractivity contribution >= 4 is 5.97 Å². The minimum absolute atomic E-state index is 0.168. The predicted octanol–water partition coefficient (Wildman–Crippen LogP) is 1.80. The van der Waals surface area contributed by atoms with E-state index in [9.17, 15) is 4.79 Å². The van der Waals surface area contributed by atoms with Gasteiger partial charge in [-0.15, -0.1) is 0 Å². The molecule has 0 aliphatic carbocycles. The molecule has 0 saturated heterocycles. The van der Waals surface area contributed by atoms with E-state index in [1.165, 1.54) is 12.1 Å². The van der Waals surface area contributed by atoms with Crippen molar-refractivity contribution < 1.29 is 13.9 Å². The normalized spacial score (nSPS) is 9.42. The van der Waals surface area contributed by atoms with Crippen molar-refractivity contribution in [2.75, 3.05) is 6.61 Å². The van der Waals surface area contributed by atoms with Crippen molar-refractivity contribution in [3.05, 3.63) is 43.2 Å². The fourth-order valence-corrected chi connectivity index (χ4v) is 0.693. The van der Waals surface area contributed by atoms with Crippen LogP contribution in [0.3, 0.4) is 0 Å². The van der Waals surface area contributed by atoms with Crippen molar-refractivity contribution in [2.45, 2.75) is 0 Å². The highest BCUT2D eigenvalue weighted by Crippen LogP contribution is 2.07. The standard InChI is InChI=1S/C9H9O3/c1-3-6-11-9(10)8-5-4-7(2)12-8/h3-5H,1-2,6H2. The summed E-state index contributed by atoms with van der Waals surface area (Å²) in [5, 5.41) is 0. The molecule has 1 aromatic rings. The summed E-state index contributed by atoms with van der Waals surface area (Å²) in [4.78, 5) is 11.0. The molecule has 1 heterocycles. The van der Waals surface area contributed by atoms with Crippen LogP contribution in [0.25, 0.3) is 0 Å². The average molecular weight is 165 g/mol. The Morgan fingerprint density at radius 3 is 2.92 bits per heavy atom. The van der Waals surface area contributed by atoms with E-state index in [4.69, 9.17) is 9.15 Å². The molecule has 3 nitrogen and oxygen atoms in total. The monoisotopic (exact) mass is 165 g/mol. The zero-order chi connectivity index (χ0) is 8.97. The van der Waals surface area contributed by atoms with Crippen molar-refractivity contribution in [3.8, 4) is 0 Å². The molecular weight excluding hydrogens is 156 g/mol. The average Bonchev–Trinajstić information content (AvgIpc) is 2.47. The molecule has 0 atom stereocenters. The fourth-order valence-electron chi connectivity index (χ4n) is 0.693. The molecule has 63 valence electrons. The highest BCUT2D eigenvalue weighted by Gasteiger charge is 2.09. The first-order chi connectivity index (χ1) is 5.74. The maximum atomic E-state index is 11.0. The SMILES string of the molecule is [CH2]c1ccc(C(=O)OCC=C)o1. The molecule has 0 aliphatic rings. The van der Waals surface area contributed by atoms with Crippen LogP contribution in [0, 0.1) is 6.92 Å². The van der Waals surface area contributed by atoms with Crippen LogP contribution < -0.4 is 0 Å². The molecule has 0 amide bonds. The zero-order valence-corrected chi connectivity index (χ0v) is 6.58. The Hall–Kier alpha value is -1.51. The quantitative estimate of drug-likeness (QED) is 0.506. The Labute approximate surface area is 70.6 Å². The van der Waals surface area contributed by atoms with E-state index in [1.807, 2.05) is 0 Å². The zero-order valence-electron chi connectivity index (χ0n) is 6.58. The molecule has 0 bridgehead atoms. The Kier molecular flexibility index (Phi) is 2.69. The van der Waals surface area contributed by atoms with Crippen LogP contribution in [0.5, 0.6) is 0 Å². The Morgan fingerprint density at radius 2 is 2.42 bits per heavy atom. The van der Waals surface area contributed by atoms with Crippen LogP contribution in [0.15, 0.2) is 29.2 Å². The van der Waals surface area contributed by atoms with Gasteiger partial charge >= 0.3 is 5.97 Å². The van der Waals surface area contributed by atoms with E-state index >= 15 is 0 Å². The number of carbonyl (C=O) groups excluding carboxylic acids is 1. The van der Waals surface area contributed by atoms with Gasteiger partial charge in [-0.3, -0.25) is 0 Å². The van der Waals surface area contributed by atoms with Crippen LogP contribution >= 0.6 is 0 Å². The molecular formula is C9H9O3. The highest BCUT2D eigenvalue weighted by molar-refractivity contribution is 5.86. The molecule has 1 aromatic heterocycles. The van der Waals surface area contributed by atoms with Gasteiger partial charge in [0.1, 0.15) is 12.4 Å². The van der Waals surface area contributed by atoms with Gasteiger partial charge in [-0.1, -0.05) is 12.7 Å². The number of hydrogen-bond acceptors (Lipinski definition) is 3. The van der Waals surface area contributed by atoms with E-state index in [1.54, 1.807) is 6.07 Å². The molecule has 1 radical (unpaired) electrons. The number of rotatable bonds is 3. The van der Waals surface area contributed by atoms with Crippen LogP contribution in [-0.4, -0.2) is 12.6 Å². The van der Waals surface area contributed by atoms with Crippen molar-refractivity contribution in [1.82, 2.24) is 0 Å². The van der Waals surface area contributed by atoms with Gasteiger partial charge in [0, 0.05) is 6.92 Å². The minimum Gasteiger partial charge on any atom is -0.456 e. The van der Waals surface area contributed by atoms with Gasteiger partial charge in [0.15, 0.2) is 0 Å². The van der Waals surface area contributed by atoms with Crippen molar-refractivity contribution in [1.29, 1.82) is 0 Å². The molecule has 0 N–H and O–H groups in total. The summed E-state index contributed by atoms with van der Waals surface area (Å²) >= 11 is 0. The maximum absolute atomic E-state index is 11.0. The molecule has 12 heavy (non-hydrogen) atoms. The molecule has 0 unspecified atom stereocenters. The molecule has 0 aliphatic heterocycles. The first-order valence-electron chi connectivity index (χ1n) is 3.44. The smallest absolute Gasteiger partial charge is 0.374 e. The number of esters is 1. The third-order valence-corrected chi connectivity index (χ3v) is 1.20. The number of carbonyl (C=O) groups is 1. The second-order valence-electron chi connectivity index (χ2n) is 2.15. The molecule has 0 fully saturated rings. The van der Waals surface area contributed by atoms with Gasteiger partial charge in [-0.25, -0.2) is 4.79 Å². The molecule has 1 rings (SSSR count). The molecule has 0 aromatic carbocycles. The summed E-state index contributed by atoms with van der Waals surface area (Å²) < 4.78 is 9.63. The summed E-state index contributed by atoms with van der Waals surface area (Å²) in [5.74, 6) is 0.118. The highest BCUT2D eigenvalue weighted by atomic mass is 16.5. The predicted molar refractivity (Wildman–Crippen MR) is 43.6 cm³/mol. The summed E-state index contributed by atoms with van der Waals surface area (Å²) in [6.45, 7) is 7.11. The molecule has 0 spiro atoms. The first-order valence-corrected chi connectivity index (χ1v) is 3.44. The van der Waals surface area contributed by atoms with E-state index in [-0.39, 0.29) is 12.4 Å². The van der Waals surface area contributed by atoms with Gasteiger partial charge < -0.3 is 9.15 Å².